The molecule has 0 amide bonds. The van der Waals surface area contributed by atoms with Gasteiger partial charge >= 0.3 is 0 Å². The molecule has 0 radical (unpaired) electrons. The molecule has 10 heteroatoms. The summed E-state index contributed by atoms with van der Waals surface area (Å²) in [5, 5.41) is 0. The Labute approximate surface area is 336 Å². The van der Waals surface area contributed by atoms with Gasteiger partial charge in [0.25, 0.3) is 0 Å². The van der Waals surface area contributed by atoms with Crippen LogP contribution in [0, 0.1) is 0 Å². The van der Waals surface area contributed by atoms with Gasteiger partial charge in [-0.2, -0.15) is 0 Å². The average Bonchev–Trinajstić information content (AvgIpc) is 4.11. The SMILES string of the molecule is NCCCOc1ccc(-c2c3nc(c(-c4ccc(OCCCN)cc4)c4ccc([nH]4)c(-c4ccncc4)c4nc(c(-c5ccncc5)c5ccc2[nH]5)C=C4)C=C3)cc1. The molecule has 8 bridgehead atoms. The van der Waals surface area contributed by atoms with Gasteiger partial charge in [0, 0.05) is 69.1 Å². The van der Waals surface area contributed by atoms with E-state index in [0.29, 0.717) is 26.3 Å². The molecule has 0 fully saturated rings. The fourth-order valence-electron chi connectivity index (χ4n) is 7.44. The molecule has 58 heavy (non-hydrogen) atoms. The number of nitrogens with two attached hydrogens (primary N) is 2. The summed E-state index contributed by atoms with van der Waals surface area (Å²) in [6.45, 7) is 2.28. The molecule has 0 spiro atoms. The summed E-state index contributed by atoms with van der Waals surface area (Å²) >= 11 is 0. The zero-order chi connectivity index (χ0) is 39.3. The zero-order valence-electron chi connectivity index (χ0n) is 31.9. The van der Waals surface area contributed by atoms with E-state index in [2.05, 4.69) is 92.8 Å². The molecule has 0 atom stereocenters. The lowest BCUT2D eigenvalue weighted by Crippen LogP contribution is -2.05. The second-order valence-electron chi connectivity index (χ2n) is 14.0. The Morgan fingerprint density at radius 3 is 1.02 bits per heavy atom. The highest BCUT2D eigenvalue weighted by Crippen LogP contribution is 2.38. The number of nitrogens with one attached hydrogen (secondary N) is 2. The Balaban J connectivity index is 1.36. The average molecular weight is 763 g/mol. The van der Waals surface area contributed by atoms with Crippen molar-refractivity contribution >= 4 is 46.4 Å². The monoisotopic (exact) mass is 762 g/mol. The van der Waals surface area contributed by atoms with Gasteiger partial charge in [0.05, 0.1) is 36.0 Å². The van der Waals surface area contributed by atoms with Gasteiger partial charge in [0.1, 0.15) is 11.5 Å². The third kappa shape index (κ3) is 7.41. The van der Waals surface area contributed by atoms with Gasteiger partial charge in [-0.1, -0.05) is 24.3 Å². The number of rotatable bonds is 12. The molecule has 2 aromatic carbocycles. The number of pyridine rings is 2. The first-order valence-electron chi connectivity index (χ1n) is 19.5. The predicted molar refractivity (Wildman–Crippen MR) is 235 cm³/mol. The van der Waals surface area contributed by atoms with Crippen LogP contribution in [0.5, 0.6) is 11.5 Å². The maximum atomic E-state index is 5.98. The molecule has 6 N–H and O–H groups in total. The van der Waals surface area contributed by atoms with Crippen LogP contribution in [-0.4, -0.2) is 56.2 Å². The lowest BCUT2D eigenvalue weighted by molar-refractivity contribution is 0.313. The van der Waals surface area contributed by atoms with Crippen molar-refractivity contribution in [3.05, 3.63) is 145 Å². The van der Waals surface area contributed by atoms with Gasteiger partial charge in [-0.3, -0.25) is 9.97 Å². The Kier molecular flexibility index (Phi) is 10.4. The van der Waals surface area contributed by atoms with Crippen molar-refractivity contribution in [1.29, 1.82) is 0 Å². The first kappa shape index (κ1) is 36.5. The molecule has 9 rings (SSSR count). The first-order valence-corrected chi connectivity index (χ1v) is 19.5. The minimum absolute atomic E-state index is 0.562. The molecule has 5 aromatic heterocycles. The standard InChI is InChI=1S/C48H42N8O2/c49-23-1-29-57-35-7-3-31(4-8-35)45-37-11-12-38(53-37)46(32-5-9-36(10-6-32)58-30-2-24-50)40-14-16-42(55-40)48(34-21-27-52-28-22-34)44-18-17-43(56-44)47(33-19-25-51-26-20-33)41-15-13-39(45)54-41/h3-22,25-28,54-55H,1-2,23-24,29-30,49-50H2. The van der Waals surface area contributed by atoms with Gasteiger partial charge in [-0.25, -0.2) is 9.97 Å². The normalized spacial score (nSPS) is 11.9. The molecule has 0 saturated heterocycles. The zero-order valence-corrected chi connectivity index (χ0v) is 31.9. The van der Waals surface area contributed by atoms with Gasteiger partial charge in [-0.05, 0) is 145 Å². The van der Waals surface area contributed by atoms with Crippen LogP contribution in [0.1, 0.15) is 35.6 Å². The number of aromatic nitrogens is 6. The highest BCUT2D eigenvalue weighted by atomic mass is 16.5. The van der Waals surface area contributed by atoms with E-state index in [0.717, 1.165) is 114 Å². The largest absolute Gasteiger partial charge is 0.494 e. The number of hydrogen-bond donors (Lipinski definition) is 4. The third-order valence-electron chi connectivity index (χ3n) is 10.2. The van der Waals surface area contributed by atoms with Crippen molar-refractivity contribution in [3.63, 3.8) is 0 Å². The summed E-state index contributed by atoms with van der Waals surface area (Å²) in [5.74, 6) is 1.58. The van der Waals surface area contributed by atoms with Crippen molar-refractivity contribution in [2.45, 2.75) is 12.8 Å². The van der Waals surface area contributed by atoms with E-state index >= 15 is 0 Å². The van der Waals surface area contributed by atoms with E-state index in [4.69, 9.17) is 30.9 Å². The number of aromatic amines is 2. The van der Waals surface area contributed by atoms with Crippen molar-refractivity contribution in [3.8, 4) is 56.0 Å². The lowest BCUT2D eigenvalue weighted by Gasteiger charge is -2.09. The van der Waals surface area contributed by atoms with Crippen LogP contribution in [-0.2, 0) is 0 Å². The molecular weight excluding hydrogens is 721 g/mol. The first-order chi connectivity index (χ1) is 28.7. The van der Waals surface area contributed by atoms with Crippen molar-refractivity contribution in [2.24, 2.45) is 11.5 Å². The van der Waals surface area contributed by atoms with Crippen LogP contribution in [0.2, 0.25) is 0 Å². The number of fused-ring (bicyclic) bond motifs is 8. The smallest absolute Gasteiger partial charge is 0.119 e. The van der Waals surface area contributed by atoms with Crippen LogP contribution in [0.3, 0.4) is 0 Å². The van der Waals surface area contributed by atoms with E-state index in [1.807, 2.05) is 73.3 Å². The second kappa shape index (κ2) is 16.5. The minimum atomic E-state index is 0.562. The summed E-state index contributed by atoms with van der Waals surface area (Å²) in [6, 6.07) is 32.9. The van der Waals surface area contributed by atoms with Gasteiger partial charge in [0.15, 0.2) is 0 Å². The van der Waals surface area contributed by atoms with E-state index in [9.17, 15) is 0 Å². The molecule has 0 unspecified atom stereocenters. The van der Waals surface area contributed by atoms with E-state index < -0.39 is 0 Å². The fraction of sp³-hybridized carbons (Fsp3) is 0.125. The van der Waals surface area contributed by atoms with Crippen molar-refractivity contribution in [1.82, 2.24) is 29.9 Å². The molecule has 2 aliphatic rings. The van der Waals surface area contributed by atoms with E-state index in [1.165, 1.54) is 0 Å². The maximum Gasteiger partial charge on any atom is 0.119 e. The summed E-state index contributed by atoms with van der Waals surface area (Å²) in [7, 11) is 0. The van der Waals surface area contributed by atoms with Crippen LogP contribution in [0.25, 0.3) is 90.9 Å². The molecule has 7 aromatic rings. The topological polar surface area (TPSA) is 154 Å². The van der Waals surface area contributed by atoms with E-state index in [1.54, 1.807) is 0 Å². The van der Waals surface area contributed by atoms with Gasteiger partial charge in [0.2, 0.25) is 0 Å². The number of nitrogens with zero attached hydrogens (tertiary/aromatic N) is 4. The molecule has 286 valence electrons. The van der Waals surface area contributed by atoms with E-state index in [-0.39, 0.29) is 0 Å². The highest BCUT2D eigenvalue weighted by Gasteiger charge is 2.19. The van der Waals surface area contributed by atoms with Crippen molar-refractivity contribution < 1.29 is 9.47 Å². The molecule has 10 nitrogen and oxygen atoms in total. The third-order valence-corrected chi connectivity index (χ3v) is 10.2. The molecule has 2 aliphatic heterocycles. The maximum absolute atomic E-state index is 5.98. The Morgan fingerprint density at radius 1 is 0.397 bits per heavy atom. The predicted octanol–water partition coefficient (Wildman–Crippen LogP) is 9.57. The Hall–Kier alpha value is -7.14. The Morgan fingerprint density at radius 2 is 0.707 bits per heavy atom. The fourth-order valence-corrected chi connectivity index (χ4v) is 7.44. The molecule has 0 saturated carbocycles. The van der Waals surface area contributed by atoms with Crippen molar-refractivity contribution in [2.75, 3.05) is 26.3 Å². The summed E-state index contributed by atoms with van der Waals surface area (Å²) in [5.41, 5.74) is 26.2. The summed E-state index contributed by atoms with van der Waals surface area (Å²) in [4.78, 5) is 27.0. The van der Waals surface area contributed by atoms with Crippen LogP contribution in [0.4, 0.5) is 0 Å². The highest BCUT2D eigenvalue weighted by molar-refractivity contribution is 5.99. The van der Waals surface area contributed by atoms with Crippen LogP contribution in [0.15, 0.2) is 122 Å². The number of hydrogen-bond acceptors (Lipinski definition) is 8. The number of benzene rings is 2. The second-order valence-corrected chi connectivity index (χ2v) is 14.0. The summed E-state index contributed by atoms with van der Waals surface area (Å²) in [6.07, 6.45) is 17.2. The number of ether oxygens (including phenoxy) is 2. The van der Waals surface area contributed by atoms with Crippen LogP contribution >= 0.6 is 0 Å². The summed E-state index contributed by atoms with van der Waals surface area (Å²) < 4.78 is 12.0. The molecule has 7 heterocycles. The van der Waals surface area contributed by atoms with Crippen LogP contribution < -0.4 is 20.9 Å². The van der Waals surface area contributed by atoms with Gasteiger partial charge in [-0.15, -0.1) is 0 Å². The quantitative estimate of drug-likeness (QED) is 0.0898. The molecular formula is C48H42N8O2. The lowest BCUT2D eigenvalue weighted by atomic mass is 10.0. The molecule has 0 aliphatic carbocycles. The number of H-pyrrole nitrogens is 2. The van der Waals surface area contributed by atoms with Gasteiger partial charge < -0.3 is 30.9 Å². The Bertz CT molecular complexity index is 2600. The minimum Gasteiger partial charge on any atom is -0.494 e.